The summed E-state index contributed by atoms with van der Waals surface area (Å²) in [4.78, 5) is 0. The van der Waals surface area contributed by atoms with Crippen molar-refractivity contribution in [2.45, 2.75) is 103 Å². The molecule has 0 amide bonds. The van der Waals surface area contributed by atoms with E-state index in [9.17, 15) is 5.11 Å². The van der Waals surface area contributed by atoms with Crippen LogP contribution >= 0.6 is 0 Å². The van der Waals surface area contributed by atoms with Gasteiger partial charge in [0, 0.05) is 13.7 Å². The Morgan fingerprint density at radius 3 is 2.15 bits per heavy atom. The van der Waals surface area contributed by atoms with Crippen LogP contribution in [0.15, 0.2) is 0 Å². The van der Waals surface area contributed by atoms with E-state index >= 15 is 0 Å². The molecule has 3 aliphatic carbocycles. The Morgan fingerprint density at radius 2 is 1.52 bits per heavy atom. The molecule has 3 saturated carbocycles. The summed E-state index contributed by atoms with van der Waals surface area (Å²) in [6, 6.07) is 0. The molecule has 0 bridgehead atoms. The van der Waals surface area contributed by atoms with Crippen LogP contribution in [0.4, 0.5) is 0 Å². The molecular weight excluding hydrogens is 336 g/mol. The van der Waals surface area contributed by atoms with Gasteiger partial charge in [-0.05, 0) is 80.5 Å². The second-order valence-corrected chi connectivity index (χ2v) is 10.2. The zero-order chi connectivity index (χ0) is 19.4. The first-order chi connectivity index (χ1) is 13.0. The fourth-order valence-electron chi connectivity index (χ4n) is 6.25. The van der Waals surface area contributed by atoms with Gasteiger partial charge in [0.05, 0.1) is 18.3 Å². The van der Waals surface area contributed by atoms with Crippen LogP contribution in [0.3, 0.4) is 0 Å². The molecule has 0 heterocycles. The lowest BCUT2D eigenvalue weighted by Crippen LogP contribution is -2.47. The highest BCUT2D eigenvalue weighted by molar-refractivity contribution is 4.93. The summed E-state index contributed by atoms with van der Waals surface area (Å²) in [7, 11) is 1.85. The quantitative estimate of drug-likeness (QED) is 0.666. The van der Waals surface area contributed by atoms with Crippen LogP contribution < -0.4 is 0 Å². The number of aliphatic hydroxyl groups is 1. The molecule has 0 aromatic rings. The van der Waals surface area contributed by atoms with Gasteiger partial charge in [-0.15, -0.1) is 0 Å². The Balaban J connectivity index is 1.52. The predicted octanol–water partition coefficient (Wildman–Crippen LogP) is 5.45. The molecule has 27 heavy (non-hydrogen) atoms. The minimum absolute atomic E-state index is 0.115. The Morgan fingerprint density at radius 1 is 0.815 bits per heavy atom. The van der Waals surface area contributed by atoms with E-state index in [2.05, 4.69) is 20.8 Å². The van der Waals surface area contributed by atoms with Gasteiger partial charge in [0.15, 0.2) is 0 Å². The van der Waals surface area contributed by atoms with Crippen LogP contribution in [-0.2, 0) is 9.47 Å². The maximum Gasteiger partial charge on any atom is 0.0839 e. The van der Waals surface area contributed by atoms with Gasteiger partial charge in [0.2, 0.25) is 0 Å². The lowest BCUT2D eigenvalue weighted by molar-refractivity contribution is -0.127. The smallest absolute Gasteiger partial charge is 0.0839 e. The Hall–Kier alpha value is -0.120. The van der Waals surface area contributed by atoms with Crippen molar-refractivity contribution >= 4 is 0 Å². The maximum atomic E-state index is 10.8. The van der Waals surface area contributed by atoms with Crippen LogP contribution in [0.2, 0.25) is 0 Å². The van der Waals surface area contributed by atoms with Crippen LogP contribution in [0, 0.1) is 35.5 Å². The molecule has 158 valence electrons. The molecule has 0 saturated heterocycles. The fraction of sp³-hybridized carbons (Fsp3) is 1.00. The summed E-state index contributed by atoms with van der Waals surface area (Å²) in [6.45, 7) is 7.94. The van der Waals surface area contributed by atoms with Gasteiger partial charge >= 0.3 is 0 Å². The van der Waals surface area contributed by atoms with E-state index in [-0.39, 0.29) is 18.3 Å². The molecule has 3 heteroatoms. The van der Waals surface area contributed by atoms with E-state index in [0.29, 0.717) is 17.8 Å². The Kier molecular flexibility index (Phi) is 8.05. The first-order valence-electron chi connectivity index (χ1n) is 11.8. The highest BCUT2D eigenvalue weighted by Crippen LogP contribution is 2.44. The summed E-state index contributed by atoms with van der Waals surface area (Å²) in [5, 5.41) is 10.8. The van der Waals surface area contributed by atoms with Crippen molar-refractivity contribution in [1.29, 1.82) is 0 Å². The Labute approximate surface area is 167 Å². The zero-order valence-electron chi connectivity index (χ0n) is 18.2. The third-order valence-corrected chi connectivity index (χ3v) is 8.34. The fourth-order valence-corrected chi connectivity index (χ4v) is 6.25. The van der Waals surface area contributed by atoms with Crippen molar-refractivity contribution < 1.29 is 14.6 Å². The molecule has 0 aliphatic heterocycles. The third kappa shape index (κ3) is 5.48. The average Bonchev–Trinajstić information content (AvgIpc) is 2.68. The molecule has 0 spiro atoms. The minimum Gasteiger partial charge on any atom is -0.393 e. The van der Waals surface area contributed by atoms with Gasteiger partial charge < -0.3 is 14.6 Å². The van der Waals surface area contributed by atoms with Crippen molar-refractivity contribution in [1.82, 2.24) is 0 Å². The molecule has 3 nitrogen and oxygen atoms in total. The van der Waals surface area contributed by atoms with Gasteiger partial charge in [-0.25, -0.2) is 0 Å². The van der Waals surface area contributed by atoms with E-state index in [1.807, 2.05) is 7.11 Å². The largest absolute Gasteiger partial charge is 0.393 e. The summed E-state index contributed by atoms with van der Waals surface area (Å²) in [5.41, 5.74) is 0. The number of ether oxygens (including phenoxy) is 2. The molecule has 0 radical (unpaired) electrons. The summed E-state index contributed by atoms with van der Waals surface area (Å²) >= 11 is 0. The third-order valence-electron chi connectivity index (χ3n) is 8.34. The lowest BCUT2D eigenvalue weighted by atomic mass is 9.64. The molecular formula is C24H44O3. The Bertz CT molecular complexity index is 431. The van der Waals surface area contributed by atoms with E-state index in [1.165, 1.54) is 44.9 Å². The number of methoxy groups -OCH3 is 1. The summed E-state index contributed by atoms with van der Waals surface area (Å²) in [5.74, 6) is 4.03. The van der Waals surface area contributed by atoms with Crippen molar-refractivity contribution in [3.63, 3.8) is 0 Å². The minimum atomic E-state index is -0.115. The molecule has 3 fully saturated rings. The highest BCUT2D eigenvalue weighted by Gasteiger charge is 2.43. The van der Waals surface area contributed by atoms with Crippen LogP contribution in [0.5, 0.6) is 0 Å². The van der Waals surface area contributed by atoms with E-state index in [1.54, 1.807) is 0 Å². The lowest BCUT2D eigenvalue weighted by Gasteiger charge is -2.46. The normalized spacial score (nSPS) is 46.3. The predicted molar refractivity (Wildman–Crippen MR) is 111 cm³/mol. The number of hydrogen-bond donors (Lipinski definition) is 1. The van der Waals surface area contributed by atoms with Gasteiger partial charge in [-0.1, -0.05) is 40.0 Å². The molecule has 3 unspecified atom stereocenters. The van der Waals surface area contributed by atoms with Crippen molar-refractivity contribution in [3.8, 4) is 0 Å². The van der Waals surface area contributed by atoms with Crippen LogP contribution in [0.25, 0.3) is 0 Å². The van der Waals surface area contributed by atoms with Gasteiger partial charge in [0.1, 0.15) is 0 Å². The number of aliphatic hydroxyl groups excluding tert-OH is 1. The standard InChI is InChI=1S/C24H44O3/c1-5-18-10-11-20(22(25)13-18)21-14-23(26-4)24(12-17(21)3)27-15-19-8-6-16(2)7-9-19/h16-25H,5-15H2,1-4H3/t16?,17-,18+,19?,20+,21?,22?,23?,24+/m0/s1. The SMILES string of the molecule is CC[C@@H]1CC[C@H](C2CC(OC)[C@H](OCC3CCC(C)CC3)C[C@@H]2C)C(O)C1. The molecule has 3 aliphatic rings. The molecule has 0 aromatic heterocycles. The number of rotatable bonds is 6. The molecule has 1 N–H and O–H groups in total. The maximum absolute atomic E-state index is 10.8. The number of hydrogen-bond acceptors (Lipinski definition) is 3. The monoisotopic (exact) mass is 380 g/mol. The molecule has 7 atom stereocenters. The first kappa shape index (κ1) is 21.6. The van der Waals surface area contributed by atoms with Gasteiger partial charge in [-0.3, -0.25) is 0 Å². The topological polar surface area (TPSA) is 38.7 Å². The van der Waals surface area contributed by atoms with Crippen LogP contribution in [-0.4, -0.2) is 37.1 Å². The highest BCUT2D eigenvalue weighted by atomic mass is 16.5. The van der Waals surface area contributed by atoms with E-state index in [4.69, 9.17) is 9.47 Å². The van der Waals surface area contributed by atoms with E-state index < -0.39 is 0 Å². The summed E-state index contributed by atoms with van der Waals surface area (Å²) < 4.78 is 12.3. The average molecular weight is 381 g/mol. The second-order valence-electron chi connectivity index (χ2n) is 10.2. The van der Waals surface area contributed by atoms with Crippen molar-refractivity contribution in [3.05, 3.63) is 0 Å². The van der Waals surface area contributed by atoms with Crippen LogP contribution in [0.1, 0.15) is 85.0 Å². The van der Waals surface area contributed by atoms with Crippen molar-refractivity contribution in [2.75, 3.05) is 13.7 Å². The summed E-state index contributed by atoms with van der Waals surface area (Å²) in [6.07, 6.45) is 12.6. The van der Waals surface area contributed by atoms with Gasteiger partial charge in [-0.2, -0.15) is 0 Å². The van der Waals surface area contributed by atoms with Gasteiger partial charge in [0.25, 0.3) is 0 Å². The van der Waals surface area contributed by atoms with E-state index in [0.717, 1.165) is 43.6 Å². The van der Waals surface area contributed by atoms with Crippen molar-refractivity contribution in [2.24, 2.45) is 35.5 Å². The molecule has 0 aromatic carbocycles. The first-order valence-corrected chi connectivity index (χ1v) is 11.8. The second kappa shape index (κ2) is 10.1. The molecule has 3 rings (SSSR count). The zero-order valence-corrected chi connectivity index (χ0v) is 18.2.